The van der Waals surface area contributed by atoms with Crippen molar-refractivity contribution in [2.75, 3.05) is 12.3 Å². The van der Waals surface area contributed by atoms with Gasteiger partial charge in [-0.25, -0.2) is 0 Å². The summed E-state index contributed by atoms with van der Waals surface area (Å²) in [5.74, 6) is 1.46. The van der Waals surface area contributed by atoms with Crippen LogP contribution in [0.1, 0.15) is 48.9 Å². The highest BCUT2D eigenvalue weighted by molar-refractivity contribution is 7.99. The van der Waals surface area contributed by atoms with Gasteiger partial charge in [0.2, 0.25) is 5.82 Å². The highest BCUT2D eigenvalue weighted by atomic mass is 32.2. The smallest absolute Gasteiger partial charge is 0.252 e. The van der Waals surface area contributed by atoms with Crippen LogP contribution in [0.4, 0.5) is 0 Å². The molecule has 0 bridgehead atoms. The molecule has 1 aliphatic rings. The molecule has 2 N–H and O–H groups in total. The van der Waals surface area contributed by atoms with Gasteiger partial charge in [0.25, 0.3) is 5.91 Å². The predicted molar refractivity (Wildman–Crippen MR) is 95.9 cm³/mol. The van der Waals surface area contributed by atoms with Gasteiger partial charge in [-0.3, -0.25) is 4.79 Å². The Morgan fingerprint density at radius 2 is 2.08 bits per heavy atom. The molecular formula is C17H23N5OS. The monoisotopic (exact) mass is 345 g/mol. The Balaban J connectivity index is 1.45. The molecule has 1 fully saturated rings. The number of amides is 1. The van der Waals surface area contributed by atoms with E-state index in [0.29, 0.717) is 23.5 Å². The molecule has 1 aromatic heterocycles. The highest BCUT2D eigenvalue weighted by Gasteiger charge is 2.15. The van der Waals surface area contributed by atoms with E-state index in [2.05, 4.69) is 37.7 Å². The van der Waals surface area contributed by atoms with Crippen LogP contribution in [-0.4, -0.2) is 44.1 Å². The molecule has 1 amide bonds. The first-order valence-electron chi connectivity index (χ1n) is 8.57. The minimum absolute atomic E-state index is 0.0851. The summed E-state index contributed by atoms with van der Waals surface area (Å²) in [6.07, 6.45) is 7.86. The number of tetrazole rings is 1. The molecule has 6 nitrogen and oxygen atoms in total. The molecule has 1 saturated carbocycles. The number of carbonyl (C=O) groups excluding carboxylic acids is 1. The topological polar surface area (TPSA) is 83.6 Å². The van der Waals surface area contributed by atoms with E-state index >= 15 is 0 Å². The van der Waals surface area contributed by atoms with Crippen molar-refractivity contribution in [3.05, 3.63) is 29.8 Å². The van der Waals surface area contributed by atoms with Crippen molar-refractivity contribution >= 4 is 17.7 Å². The lowest BCUT2D eigenvalue weighted by molar-refractivity contribution is 0.0954. The third kappa shape index (κ3) is 4.56. The largest absolute Gasteiger partial charge is 0.352 e. The second-order valence-corrected chi connectivity index (χ2v) is 7.43. The van der Waals surface area contributed by atoms with Crippen molar-refractivity contribution in [1.29, 1.82) is 0 Å². The fourth-order valence-corrected chi connectivity index (χ4v) is 4.31. The summed E-state index contributed by atoms with van der Waals surface area (Å²) >= 11 is 2.06. The van der Waals surface area contributed by atoms with Crippen LogP contribution < -0.4 is 5.32 Å². The lowest BCUT2D eigenvalue weighted by Crippen LogP contribution is -2.25. The molecular weight excluding hydrogens is 322 g/mol. The first-order valence-corrected chi connectivity index (χ1v) is 9.62. The molecule has 3 rings (SSSR count). The molecule has 0 unspecified atom stereocenters. The van der Waals surface area contributed by atoms with Gasteiger partial charge in [-0.1, -0.05) is 37.5 Å². The van der Waals surface area contributed by atoms with Gasteiger partial charge in [-0.05, 0) is 36.3 Å². The van der Waals surface area contributed by atoms with Crippen LogP contribution in [0.2, 0.25) is 0 Å². The number of H-pyrrole nitrogens is 1. The van der Waals surface area contributed by atoms with Crippen molar-refractivity contribution in [1.82, 2.24) is 25.9 Å². The summed E-state index contributed by atoms with van der Waals surface area (Å²) in [6, 6.07) is 7.33. The molecule has 0 radical (unpaired) electrons. The maximum atomic E-state index is 12.4. The molecule has 0 spiro atoms. The fraction of sp³-hybridized carbons (Fsp3) is 0.529. The van der Waals surface area contributed by atoms with E-state index in [0.717, 1.165) is 17.4 Å². The molecule has 128 valence electrons. The van der Waals surface area contributed by atoms with Crippen LogP contribution in [0.5, 0.6) is 0 Å². The van der Waals surface area contributed by atoms with Crippen molar-refractivity contribution in [2.24, 2.45) is 0 Å². The number of benzene rings is 1. The molecule has 0 saturated heterocycles. The number of hydrogen-bond acceptors (Lipinski definition) is 5. The number of nitrogens with zero attached hydrogens (tertiary/aromatic N) is 3. The summed E-state index contributed by atoms with van der Waals surface area (Å²) in [4.78, 5) is 12.4. The number of carbonyl (C=O) groups is 1. The Hall–Kier alpha value is -1.89. The average Bonchev–Trinajstić information content (AvgIpc) is 3.17. The first-order chi connectivity index (χ1) is 11.8. The summed E-state index contributed by atoms with van der Waals surface area (Å²) in [7, 11) is 0. The standard InChI is InChI=1S/C17H23N5OS/c23-17(18-11-6-12-24-13-7-2-1-3-8-13)15-10-5-4-9-14(15)16-19-21-22-20-16/h4-5,9-10,13H,1-3,6-8,11-12H2,(H,18,23)(H,19,20,21,22). The van der Waals surface area contributed by atoms with Gasteiger partial charge in [0.15, 0.2) is 0 Å². The summed E-state index contributed by atoms with van der Waals surface area (Å²) in [5, 5.41) is 17.7. The maximum absolute atomic E-state index is 12.4. The van der Waals surface area contributed by atoms with Gasteiger partial charge < -0.3 is 5.32 Å². The normalized spacial score (nSPS) is 15.3. The zero-order chi connectivity index (χ0) is 16.6. The lowest BCUT2D eigenvalue weighted by atomic mass is 10.0. The van der Waals surface area contributed by atoms with Crippen LogP contribution in [0.15, 0.2) is 24.3 Å². The third-order valence-corrected chi connectivity index (χ3v) is 5.74. The van der Waals surface area contributed by atoms with Gasteiger partial charge in [0.1, 0.15) is 0 Å². The highest BCUT2D eigenvalue weighted by Crippen LogP contribution is 2.28. The summed E-state index contributed by atoms with van der Waals surface area (Å²) in [6.45, 7) is 0.694. The second-order valence-electron chi connectivity index (χ2n) is 6.02. The van der Waals surface area contributed by atoms with Crippen molar-refractivity contribution in [2.45, 2.75) is 43.8 Å². The fourth-order valence-electron chi connectivity index (χ4n) is 3.00. The minimum Gasteiger partial charge on any atom is -0.352 e. The van der Waals surface area contributed by atoms with Crippen LogP contribution in [-0.2, 0) is 0 Å². The zero-order valence-corrected chi connectivity index (χ0v) is 14.5. The van der Waals surface area contributed by atoms with E-state index in [9.17, 15) is 4.79 Å². The lowest BCUT2D eigenvalue weighted by Gasteiger charge is -2.20. The molecule has 24 heavy (non-hydrogen) atoms. The predicted octanol–water partition coefficient (Wildman–Crippen LogP) is 3.05. The number of aromatic amines is 1. The van der Waals surface area contributed by atoms with E-state index < -0.39 is 0 Å². The van der Waals surface area contributed by atoms with Gasteiger partial charge in [0, 0.05) is 17.4 Å². The van der Waals surface area contributed by atoms with Gasteiger partial charge >= 0.3 is 0 Å². The van der Waals surface area contributed by atoms with Gasteiger partial charge in [0.05, 0.1) is 5.56 Å². The molecule has 2 aromatic rings. The van der Waals surface area contributed by atoms with Crippen LogP contribution in [0, 0.1) is 0 Å². The molecule has 0 atom stereocenters. The number of aromatic nitrogens is 4. The van der Waals surface area contributed by atoms with E-state index in [1.54, 1.807) is 6.07 Å². The Labute approximate surface area is 146 Å². The zero-order valence-electron chi connectivity index (χ0n) is 13.7. The van der Waals surface area contributed by atoms with E-state index in [-0.39, 0.29) is 5.91 Å². The van der Waals surface area contributed by atoms with Crippen molar-refractivity contribution < 1.29 is 4.79 Å². The Morgan fingerprint density at radius 1 is 1.25 bits per heavy atom. The average molecular weight is 345 g/mol. The molecule has 1 aliphatic carbocycles. The van der Waals surface area contributed by atoms with Crippen molar-refractivity contribution in [3.63, 3.8) is 0 Å². The van der Waals surface area contributed by atoms with Crippen LogP contribution in [0.3, 0.4) is 0 Å². The molecule has 7 heteroatoms. The second kappa shape index (κ2) is 8.82. The molecule has 0 aliphatic heterocycles. The van der Waals surface area contributed by atoms with E-state index in [1.165, 1.54) is 32.1 Å². The molecule has 1 heterocycles. The number of rotatable bonds is 7. The Morgan fingerprint density at radius 3 is 2.88 bits per heavy atom. The number of thioether (sulfide) groups is 1. The maximum Gasteiger partial charge on any atom is 0.252 e. The minimum atomic E-state index is -0.0851. The first kappa shape index (κ1) is 17.0. The number of hydrogen-bond donors (Lipinski definition) is 2. The van der Waals surface area contributed by atoms with Crippen molar-refractivity contribution in [3.8, 4) is 11.4 Å². The third-order valence-electron chi connectivity index (χ3n) is 4.27. The summed E-state index contributed by atoms with van der Waals surface area (Å²) in [5.41, 5.74) is 1.28. The van der Waals surface area contributed by atoms with Gasteiger partial charge in [-0.2, -0.15) is 17.0 Å². The van der Waals surface area contributed by atoms with E-state index in [1.807, 2.05) is 18.2 Å². The van der Waals surface area contributed by atoms with Crippen LogP contribution in [0.25, 0.3) is 11.4 Å². The number of nitrogens with one attached hydrogen (secondary N) is 2. The Kier molecular flexibility index (Phi) is 6.23. The van der Waals surface area contributed by atoms with Crippen LogP contribution >= 0.6 is 11.8 Å². The Bertz CT molecular complexity index is 640. The molecule has 1 aromatic carbocycles. The SMILES string of the molecule is O=C(NCCCSC1CCCCC1)c1ccccc1-c1nn[nH]n1. The van der Waals surface area contributed by atoms with Gasteiger partial charge in [-0.15, -0.1) is 10.2 Å². The summed E-state index contributed by atoms with van der Waals surface area (Å²) < 4.78 is 0. The van der Waals surface area contributed by atoms with E-state index in [4.69, 9.17) is 0 Å². The quantitative estimate of drug-likeness (QED) is 0.754.